The standard InChI is InChI=1S/C28H37NO7S/c1-5-22-8-6-20-16-21(28(2,3)31)7-10-25(20)29(22)37(32,33)23-9-11-26(24(17-23)27(30)34-4)36-18-19-12-14-35-15-13-19/h7,9-11,16-17,19,22,31H,5-6,8,12-15,18H2,1-4H3. The molecule has 1 N–H and O–H groups in total. The van der Waals surface area contributed by atoms with Gasteiger partial charge >= 0.3 is 5.97 Å². The Morgan fingerprint density at radius 2 is 1.86 bits per heavy atom. The summed E-state index contributed by atoms with van der Waals surface area (Å²) in [6, 6.07) is 9.59. The molecule has 0 aliphatic carbocycles. The number of sulfonamides is 1. The summed E-state index contributed by atoms with van der Waals surface area (Å²) in [5.41, 5.74) is 1.26. The Morgan fingerprint density at radius 3 is 2.51 bits per heavy atom. The summed E-state index contributed by atoms with van der Waals surface area (Å²) in [5.74, 6) is -0.0373. The van der Waals surface area contributed by atoms with Crippen molar-refractivity contribution in [3.05, 3.63) is 53.1 Å². The fourth-order valence-electron chi connectivity index (χ4n) is 5.01. The Hall–Kier alpha value is -2.62. The van der Waals surface area contributed by atoms with E-state index in [2.05, 4.69) is 0 Å². The van der Waals surface area contributed by atoms with Gasteiger partial charge in [-0.2, -0.15) is 0 Å². The number of nitrogens with zero attached hydrogens (tertiary/aromatic N) is 1. The van der Waals surface area contributed by atoms with E-state index in [1.807, 2.05) is 13.0 Å². The number of fused-ring (bicyclic) bond motifs is 1. The van der Waals surface area contributed by atoms with Crippen LogP contribution >= 0.6 is 0 Å². The van der Waals surface area contributed by atoms with Crippen LogP contribution in [0.25, 0.3) is 0 Å². The van der Waals surface area contributed by atoms with Crippen molar-refractivity contribution in [2.24, 2.45) is 5.92 Å². The van der Waals surface area contributed by atoms with E-state index in [-0.39, 0.29) is 16.5 Å². The molecule has 0 aromatic heterocycles. The van der Waals surface area contributed by atoms with Crippen LogP contribution in [0.15, 0.2) is 41.3 Å². The molecule has 0 spiro atoms. The minimum atomic E-state index is -4.01. The molecule has 8 nitrogen and oxygen atoms in total. The second-order valence-electron chi connectivity index (χ2n) is 10.3. The van der Waals surface area contributed by atoms with E-state index >= 15 is 0 Å². The minimum Gasteiger partial charge on any atom is -0.492 e. The summed E-state index contributed by atoms with van der Waals surface area (Å²) in [4.78, 5) is 12.6. The van der Waals surface area contributed by atoms with E-state index in [9.17, 15) is 18.3 Å². The van der Waals surface area contributed by atoms with Gasteiger partial charge in [0.25, 0.3) is 10.0 Å². The highest BCUT2D eigenvalue weighted by Crippen LogP contribution is 2.39. The summed E-state index contributed by atoms with van der Waals surface area (Å²) in [5, 5.41) is 10.5. The molecule has 0 saturated carbocycles. The third-order valence-electron chi connectivity index (χ3n) is 7.30. The summed E-state index contributed by atoms with van der Waals surface area (Å²) in [7, 11) is -2.75. The van der Waals surface area contributed by atoms with Crippen LogP contribution in [-0.2, 0) is 31.5 Å². The molecule has 1 saturated heterocycles. The molecule has 2 aliphatic rings. The van der Waals surface area contributed by atoms with Gasteiger partial charge in [0.1, 0.15) is 11.3 Å². The molecule has 4 rings (SSSR count). The number of esters is 1. The van der Waals surface area contributed by atoms with Crippen molar-refractivity contribution >= 4 is 21.7 Å². The first-order valence-corrected chi connectivity index (χ1v) is 14.3. The Balaban J connectivity index is 1.70. The fourth-order valence-corrected chi connectivity index (χ4v) is 6.83. The highest BCUT2D eigenvalue weighted by Gasteiger charge is 2.36. The predicted molar refractivity (Wildman–Crippen MR) is 141 cm³/mol. The van der Waals surface area contributed by atoms with Crippen LogP contribution < -0.4 is 9.04 Å². The van der Waals surface area contributed by atoms with Gasteiger partial charge in [0, 0.05) is 19.3 Å². The maximum atomic E-state index is 14.1. The third-order valence-corrected chi connectivity index (χ3v) is 9.16. The molecule has 0 bridgehead atoms. The lowest BCUT2D eigenvalue weighted by Gasteiger charge is -2.38. The maximum absolute atomic E-state index is 14.1. The van der Waals surface area contributed by atoms with Crippen LogP contribution in [0.4, 0.5) is 5.69 Å². The molecule has 9 heteroatoms. The second kappa shape index (κ2) is 11.0. The number of benzene rings is 2. The van der Waals surface area contributed by atoms with E-state index in [0.29, 0.717) is 50.0 Å². The molecule has 1 unspecified atom stereocenters. The number of rotatable bonds is 8. The second-order valence-corrected chi connectivity index (χ2v) is 12.1. The normalized spacial score (nSPS) is 18.8. The zero-order valence-corrected chi connectivity index (χ0v) is 22.8. The van der Waals surface area contributed by atoms with Gasteiger partial charge in [0.05, 0.1) is 29.9 Å². The number of methoxy groups -OCH3 is 1. The van der Waals surface area contributed by atoms with Gasteiger partial charge in [0.2, 0.25) is 0 Å². The van der Waals surface area contributed by atoms with E-state index in [1.165, 1.54) is 23.5 Å². The molecule has 37 heavy (non-hydrogen) atoms. The van der Waals surface area contributed by atoms with Crippen molar-refractivity contribution in [1.82, 2.24) is 0 Å². The average Bonchev–Trinajstić information content (AvgIpc) is 2.90. The molecule has 2 aliphatic heterocycles. The Labute approximate surface area is 219 Å². The molecule has 2 aromatic carbocycles. The van der Waals surface area contributed by atoms with Crippen molar-refractivity contribution in [3.63, 3.8) is 0 Å². The van der Waals surface area contributed by atoms with Gasteiger partial charge in [-0.25, -0.2) is 13.2 Å². The quantitative estimate of drug-likeness (QED) is 0.503. The van der Waals surface area contributed by atoms with Crippen LogP contribution in [-0.4, -0.2) is 52.5 Å². The van der Waals surface area contributed by atoms with Crippen LogP contribution in [0.5, 0.6) is 5.75 Å². The highest BCUT2D eigenvalue weighted by atomic mass is 32.2. The van der Waals surface area contributed by atoms with Crippen molar-refractivity contribution in [1.29, 1.82) is 0 Å². The van der Waals surface area contributed by atoms with Crippen LogP contribution in [0, 0.1) is 5.92 Å². The number of aryl methyl sites for hydroxylation is 1. The number of carbonyl (C=O) groups is 1. The summed E-state index contributed by atoms with van der Waals surface area (Å²) in [6.07, 6.45) is 3.77. The lowest BCUT2D eigenvalue weighted by molar-refractivity contribution is 0.0483. The average molecular weight is 532 g/mol. The monoisotopic (exact) mass is 531 g/mol. The molecule has 2 heterocycles. The first kappa shape index (κ1) is 27.4. The highest BCUT2D eigenvalue weighted by molar-refractivity contribution is 7.92. The molecular weight excluding hydrogens is 494 g/mol. The number of ether oxygens (including phenoxy) is 3. The zero-order chi connectivity index (χ0) is 26.8. The number of aliphatic hydroxyl groups is 1. The smallest absolute Gasteiger partial charge is 0.341 e. The number of hydrogen-bond acceptors (Lipinski definition) is 7. The van der Waals surface area contributed by atoms with Crippen molar-refractivity contribution in [2.45, 2.75) is 69.4 Å². The maximum Gasteiger partial charge on any atom is 0.341 e. The topological polar surface area (TPSA) is 102 Å². The number of anilines is 1. The van der Waals surface area contributed by atoms with Crippen LogP contribution in [0.3, 0.4) is 0 Å². The van der Waals surface area contributed by atoms with Crippen molar-refractivity contribution in [2.75, 3.05) is 31.2 Å². The SMILES string of the molecule is CCC1CCc2cc(C(C)(C)O)ccc2N1S(=O)(=O)c1ccc(OCC2CCOCC2)c(C(=O)OC)c1. The van der Waals surface area contributed by atoms with E-state index < -0.39 is 21.6 Å². The zero-order valence-electron chi connectivity index (χ0n) is 22.0. The summed E-state index contributed by atoms with van der Waals surface area (Å²) in [6.45, 7) is 7.17. The molecule has 2 aromatic rings. The predicted octanol–water partition coefficient (Wildman–Crippen LogP) is 4.43. The molecule has 0 amide bonds. The first-order chi connectivity index (χ1) is 17.6. The van der Waals surface area contributed by atoms with E-state index in [1.54, 1.807) is 32.0 Å². The number of hydrogen-bond donors (Lipinski definition) is 1. The summed E-state index contributed by atoms with van der Waals surface area (Å²) >= 11 is 0. The molecule has 0 radical (unpaired) electrons. The third kappa shape index (κ3) is 5.78. The van der Waals surface area contributed by atoms with Crippen molar-refractivity contribution < 1.29 is 32.5 Å². The molecule has 1 fully saturated rings. The van der Waals surface area contributed by atoms with Gasteiger partial charge in [-0.1, -0.05) is 19.1 Å². The van der Waals surface area contributed by atoms with E-state index in [4.69, 9.17) is 14.2 Å². The Morgan fingerprint density at radius 1 is 1.14 bits per heavy atom. The Kier molecular flexibility index (Phi) is 8.16. The molecule has 202 valence electrons. The first-order valence-electron chi connectivity index (χ1n) is 12.9. The van der Waals surface area contributed by atoms with Gasteiger partial charge in [0.15, 0.2) is 0 Å². The Bertz CT molecular complexity index is 1230. The van der Waals surface area contributed by atoms with Gasteiger partial charge in [-0.3, -0.25) is 4.31 Å². The lowest BCUT2D eigenvalue weighted by atomic mass is 9.90. The van der Waals surface area contributed by atoms with Gasteiger partial charge < -0.3 is 19.3 Å². The largest absolute Gasteiger partial charge is 0.492 e. The fraction of sp³-hybridized carbons (Fsp3) is 0.536. The molecule has 1 atom stereocenters. The minimum absolute atomic E-state index is 0.00387. The van der Waals surface area contributed by atoms with Crippen LogP contribution in [0.2, 0.25) is 0 Å². The van der Waals surface area contributed by atoms with Gasteiger partial charge in [-0.05, 0) is 87.3 Å². The lowest BCUT2D eigenvalue weighted by Crippen LogP contribution is -2.43. The van der Waals surface area contributed by atoms with Crippen molar-refractivity contribution in [3.8, 4) is 5.75 Å². The molecular formula is C28H37NO7S. The number of carbonyl (C=O) groups excluding carboxylic acids is 1. The van der Waals surface area contributed by atoms with Crippen LogP contribution in [0.1, 0.15) is 67.9 Å². The van der Waals surface area contributed by atoms with Gasteiger partial charge in [-0.15, -0.1) is 0 Å². The summed E-state index contributed by atoms with van der Waals surface area (Å²) < 4.78 is 45.9. The van der Waals surface area contributed by atoms with E-state index in [0.717, 1.165) is 30.4 Å².